The summed E-state index contributed by atoms with van der Waals surface area (Å²) in [7, 11) is 0. The Morgan fingerprint density at radius 1 is 0.186 bits per heavy atom. The second-order valence-electron chi connectivity index (χ2n) is 18.3. The summed E-state index contributed by atoms with van der Waals surface area (Å²) in [6.07, 6.45) is 4.60. The van der Waals surface area contributed by atoms with Gasteiger partial charge in [0.05, 0.1) is 0 Å². The number of hydrogen-bond donors (Lipinski definition) is 0. The molecule has 13 aromatic rings. The van der Waals surface area contributed by atoms with Gasteiger partial charge in [0.25, 0.3) is 0 Å². The van der Waals surface area contributed by atoms with Gasteiger partial charge in [-0.05, 0) is 150 Å². The first-order valence-corrected chi connectivity index (χ1v) is 24.2. The van der Waals surface area contributed by atoms with Gasteiger partial charge in [-0.3, -0.25) is 0 Å². The molecule has 0 aliphatic heterocycles. The van der Waals surface area contributed by atoms with Gasteiger partial charge in [-0.25, -0.2) is 0 Å². The molecule has 0 bridgehead atoms. The first kappa shape index (κ1) is 41.1. The van der Waals surface area contributed by atoms with Crippen LogP contribution in [0.3, 0.4) is 0 Å². The van der Waals surface area contributed by atoms with Crippen LogP contribution in [0.15, 0.2) is 267 Å². The highest BCUT2D eigenvalue weighted by molar-refractivity contribution is 6.24. The Hall–Kier alpha value is -9.10. The first-order valence-electron chi connectivity index (χ1n) is 24.2. The molecular weight excluding hydrogens is 841 g/mol. The molecule has 0 unspecified atom stereocenters. The van der Waals surface area contributed by atoms with Crippen molar-refractivity contribution in [2.45, 2.75) is 0 Å². The highest BCUT2D eigenvalue weighted by atomic mass is 14.2. The molecule has 0 saturated heterocycles. The van der Waals surface area contributed by atoms with Crippen molar-refractivity contribution in [1.82, 2.24) is 0 Å². The van der Waals surface area contributed by atoms with Crippen molar-refractivity contribution in [3.8, 4) is 66.8 Å². The second kappa shape index (κ2) is 17.5. The minimum Gasteiger partial charge on any atom is -0.0622 e. The van der Waals surface area contributed by atoms with Crippen LogP contribution in [0.5, 0.6) is 0 Å². The summed E-state index contributed by atoms with van der Waals surface area (Å²) in [4.78, 5) is 0. The standard InChI is InChI=1S/C70H46/c1-3-18-47(19-4-1)54-44-55(48-20-5-2-6-21-48)46-56(45-54)49-34-38-53(39-35-49)69-64-29-13-15-31-66(64)70(67-32-16-14-30-65(67)69)68-43-41-52(59-26-10-12-28-62(59)68)37-36-51-40-42-63(60-27-11-9-25-58(51)60)61-33-17-23-50-22-7-8-24-57(50)61/h1-46H/b37-36+. The van der Waals surface area contributed by atoms with Gasteiger partial charge in [-0.2, -0.15) is 0 Å². The maximum absolute atomic E-state index is 2.35. The van der Waals surface area contributed by atoms with E-state index in [1.54, 1.807) is 0 Å². The highest BCUT2D eigenvalue weighted by Crippen LogP contribution is 2.46. The lowest BCUT2D eigenvalue weighted by Crippen LogP contribution is -1.92. The fourth-order valence-electron chi connectivity index (χ4n) is 11.0. The lowest BCUT2D eigenvalue weighted by Gasteiger charge is -2.19. The first-order chi connectivity index (χ1) is 34.7. The monoisotopic (exact) mass is 886 g/mol. The van der Waals surface area contributed by atoms with Gasteiger partial charge in [-0.1, -0.05) is 261 Å². The van der Waals surface area contributed by atoms with Crippen molar-refractivity contribution < 1.29 is 0 Å². The molecule has 0 spiro atoms. The van der Waals surface area contributed by atoms with Gasteiger partial charge in [-0.15, -0.1) is 0 Å². The molecule has 13 rings (SSSR count). The van der Waals surface area contributed by atoms with E-state index in [-0.39, 0.29) is 0 Å². The molecule has 0 atom stereocenters. The summed E-state index contributed by atoms with van der Waals surface area (Å²) in [6, 6.07) is 97.8. The van der Waals surface area contributed by atoms with Gasteiger partial charge in [0.15, 0.2) is 0 Å². The average Bonchev–Trinajstić information content (AvgIpc) is 3.44. The van der Waals surface area contributed by atoms with Crippen molar-refractivity contribution in [1.29, 1.82) is 0 Å². The van der Waals surface area contributed by atoms with E-state index in [4.69, 9.17) is 0 Å². The molecule has 70 heavy (non-hydrogen) atoms. The average molecular weight is 887 g/mol. The van der Waals surface area contributed by atoms with E-state index >= 15 is 0 Å². The third-order valence-electron chi connectivity index (χ3n) is 14.3. The van der Waals surface area contributed by atoms with Gasteiger partial charge >= 0.3 is 0 Å². The van der Waals surface area contributed by atoms with E-state index in [1.807, 2.05) is 0 Å². The van der Waals surface area contributed by atoms with E-state index in [0.717, 1.165) is 0 Å². The third kappa shape index (κ3) is 7.26. The predicted octanol–water partition coefficient (Wildman–Crippen LogP) is 19.6. The SMILES string of the molecule is C(=C\c1ccc(-c2c3ccccc3c(-c3ccc(-c4cc(-c5ccccc5)cc(-c5ccccc5)c4)cc3)c3ccccc23)c2ccccc12)/c1ccc(-c2cccc3ccccc23)c2ccccc12. The summed E-state index contributed by atoms with van der Waals surface area (Å²) in [5, 5.41) is 12.5. The van der Waals surface area contributed by atoms with E-state index in [0.29, 0.717) is 0 Å². The molecule has 0 heterocycles. The molecular formula is C70H46. The van der Waals surface area contributed by atoms with Crippen LogP contribution in [0.4, 0.5) is 0 Å². The third-order valence-corrected chi connectivity index (χ3v) is 14.3. The zero-order valence-electron chi connectivity index (χ0n) is 38.6. The number of fused-ring (bicyclic) bond motifs is 5. The quantitative estimate of drug-likeness (QED) is 0.105. The van der Waals surface area contributed by atoms with E-state index in [1.165, 1.54) is 132 Å². The molecule has 0 fully saturated rings. The molecule has 0 saturated carbocycles. The smallest absolute Gasteiger partial charge is 0.00201 e. The maximum Gasteiger partial charge on any atom is -0.00201 e. The van der Waals surface area contributed by atoms with Crippen LogP contribution in [0, 0.1) is 0 Å². The lowest BCUT2D eigenvalue weighted by molar-refractivity contribution is 1.56. The van der Waals surface area contributed by atoms with E-state index in [9.17, 15) is 0 Å². The van der Waals surface area contributed by atoms with Crippen molar-refractivity contribution in [3.63, 3.8) is 0 Å². The summed E-state index contributed by atoms with van der Waals surface area (Å²) >= 11 is 0. The maximum atomic E-state index is 2.35. The molecule has 0 heteroatoms. The largest absolute Gasteiger partial charge is 0.0622 e. The fourth-order valence-corrected chi connectivity index (χ4v) is 11.0. The van der Waals surface area contributed by atoms with Crippen molar-refractivity contribution in [3.05, 3.63) is 278 Å². The molecule has 0 radical (unpaired) electrons. The number of hydrogen-bond acceptors (Lipinski definition) is 0. The Bertz CT molecular complexity index is 4020. The van der Waals surface area contributed by atoms with Crippen LogP contribution >= 0.6 is 0 Å². The van der Waals surface area contributed by atoms with E-state index < -0.39 is 0 Å². The molecule has 0 N–H and O–H groups in total. The number of benzene rings is 13. The Balaban J connectivity index is 0.904. The summed E-state index contributed by atoms with van der Waals surface area (Å²) in [5.41, 5.74) is 17.1. The molecule has 13 aromatic carbocycles. The van der Waals surface area contributed by atoms with Crippen LogP contribution in [0.2, 0.25) is 0 Å². The minimum absolute atomic E-state index is 1.19. The molecule has 0 nitrogen and oxygen atoms in total. The predicted molar refractivity (Wildman–Crippen MR) is 302 cm³/mol. The fraction of sp³-hybridized carbons (Fsp3) is 0. The van der Waals surface area contributed by atoms with Gasteiger partial charge < -0.3 is 0 Å². The van der Waals surface area contributed by atoms with Crippen molar-refractivity contribution in [2.24, 2.45) is 0 Å². The van der Waals surface area contributed by atoms with Crippen molar-refractivity contribution >= 4 is 66.0 Å². The van der Waals surface area contributed by atoms with Crippen molar-refractivity contribution in [2.75, 3.05) is 0 Å². The van der Waals surface area contributed by atoms with E-state index in [2.05, 4.69) is 279 Å². The van der Waals surface area contributed by atoms with Gasteiger partial charge in [0.2, 0.25) is 0 Å². The zero-order chi connectivity index (χ0) is 46.4. The van der Waals surface area contributed by atoms with Crippen LogP contribution in [-0.4, -0.2) is 0 Å². The molecule has 0 aliphatic rings. The highest BCUT2D eigenvalue weighted by Gasteiger charge is 2.19. The van der Waals surface area contributed by atoms with Gasteiger partial charge in [0.1, 0.15) is 0 Å². The summed E-state index contributed by atoms with van der Waals surface area (Å²) in [5.74, 6) is 0. The normalized spacial score (nSPS) is 11.7. The summed E-state index contributed by atoms with van der Waals surface area (Å²) in [6.45, 7) is 0. The van der Waals surface area contributed by atoms with Crippen LogP contribution in [-0.2, 0) is 0 Å². The minimum atomic E-state index is 1.19. The summed E-state index contributed by atoms with van der Waals surface area (Å²) < 4.78 is 0. The Morgan fingerprint density at radius 3 is 1.07 bits per heavy atom. The number of rotatable bonds is 8. The second-order valence-corrected chi connectivity index (χ2v) is 18.3. The Kier molecular flexibility index (Phi) is 10.3. The molecule has 326 valence electrons. The molecule has 0 amide bonds. The molecule has 0 aromatic heterocycles. The van der Waals surface area contributed by atoms with Crippen LogP contribution in [0.25, 0.3) is 133 Å². The topological polar surface area (TPSA) is 0 Å². The van der Waals surface area contributed by atoms with Crippen LogP contribution < -0.4 is 0 Å². The zero-order valence-corrected chi connectivity index (χ0v) is 38.6. The molecule has 0 aliphatic carbocycles. The Labute approximate surface area is 408 Å². The lowest BCUT2D eigenvalue weighted by atomic mass is 9.84. The van der Waals surface area contributed by atoms with Gasteiger partial charge in [0, 0.05) is 0 Å². The Morgan fingerprint density at radius 2 is 0.543 bits per heavy atom. The van der Waals surface area contributed by atoms with Crippen LogP contribution in [0.1, 0.15) is 11.1 Å².